The first-order chi connectivity index (χ1) is 25.5. The van der Waals surface area contributed by atoms with Gasteiger partial charge in [-0.2, -0.15) is 0 Å². The van der Waals surface area contributed by atoms with E-state index in [1.165, 1.54) is 0 Å². The fraction of sp³-hybridized carbons (Fsp3) is 0.190. The first kappa shape index (κ1) is 35.0. The van der Waals surface area contributed by atoms with Crippen LogP contribution in [-0.4, -0.2) is 32.5 Å². The zero-order chi connectivity index (χ0) is 35.7. The standard InChI is InChI=1S/C42H40N4O5S/c1-46-24-23-43-42(46)52-28-37-25-39(31-13-11-29(27-47)12-14-31)51-40(50-37)32-17-15-30(16-18-32)38-10-6-5-7-33(38)26-44-41(48)45-34-19-21-36(22-20-34)49-35-8-3-2-4-9-35/h2-24,37,39-40,47H,25-28H2,1H3,(H2,44,45,48)/t37-,39+,40+/m1/s1. The molecule has 2 amide bonds. The zero-order valence-corrected chi connectivity index (χ0v) is 29.5. The van der Waals surface area contributed by atoms with E-state index in [1.807, 2.05) is 127 Å². The summed E-state index contributed by atoms with van der Waals surface area (Å²) in [6.45, 7) is 0.347. The number of anilines is 1. The fourth-order valence-corrected chi connectivity index (χ4v) is 6.99. The summed E-state index contributed by atoms with van der Waals surface area (Å²) in [7, 11) is 1.99. The normalized spacial score (nSPS) is 17.0. The van der Waals surface area contributed by atoms with Crippen molar-refractivity contribution in [3.63, 3.8) is 0 Å². The van der Waals surface area contributed by atoms with Crippen molar-refractivity contribution in [3.05, 3.63) is 162 Å². The number of nitrogens with zero attached hydrogens (tertiary/aromatic N) is 2. The number of hydrogen-bond acceptors (Lipinski definition) is 7. The van der Waals surface area contributed by atoms with Gasteiger partial charge in [-0.15, -0.1) is 0 Å². The molecule has 0 aliphatic carbocycles. The van der Waals surface area contributed by atoms with Crippen LogP contribution in [-0.2, 0) is 29.7 Å². The van der Waals surface area contributed by atoms with E-state index < -0.39 is 6.29 Å². The quantitative estimate of drug-likeness (QED) is 0.109. The number of thioether (sulfide) groups is 1. The third-order valence-electron chi connectivity index (χ3n) is 8.83. The van der Waals surface area contributed by atoms with E-state index >= 15 is 0 Å². The topological polar surface area (TPSA) is 107 Å². The molecule has 1 saturated heterocycles. The highest BCUT2D eigenvalue weighted by Crippen LogP contribution is 2.40. The second-order valence-corrected chi connectivity index (χ2v) is 13.5. The second-order valence-electron chi connectivity index (χ2n) is 12.5. The molecule has 7 rings (SSSR count). The number of para-hydroxylation sites is 1. The number of imidazole rings is 1. The Labute approximate surface area is 307 Å². The van der Waals surface area contributed by atoms with Crippen molar-refractivity contribution in [2.45, 2.75) is 43.2 Å². The Hall–Kier alpha value is -5.39. The Morgan fingerprint density at radius 1 is 0.865 bits per heavy atom. The van der Waals surface area contributed by atoms with E-state index in [2.05, 4.69) is 33.8 Å². The number of amides is 2. The number of benzene rings is 5. The number of nitrogens with one attached hydrogen (secondary N) is 2. The monoisotopic (exact) mass is 712 g/mol. The Morgan fingerprint density at radius 3 is 2.31 bits per heavy atom. The molecule has 0 bridgehead atoms. The predicted molar refractivity (Wildman–Crippen MR) is 203 cm³/mol. The summed E-state index contributed by atoms with van der Waals surface area (Å²) in [5, 5.41) is 16.4. The summed E-state index contributed by atoms with van der Waals surface area (Å²) in [6.07, 6.45) is 3.64. The van der Waals surface area contributed by atoms with Crippen molar-refractivity contribution >= 4 is 23.5 Å². The molecule has 5 aromatic carbocycles. The smallest absolute Gasteiger partial charge is 0.319 e. The van der Waals surface area contributed by atoms with Crippen LogP contribution in [0.2, 0.25) is 0 Å². The molecule has 0 unspecified atom stereocenters. The lowest BCUT2D eigenvalue weighted by Crippen LogP contribution is -2.31. The van der Waals surface area contributed by atoms with Crippen LogP contribution in [0.5, 0.6) is 11.5 Å². The molecular weight excluding hydrogens is 673 g/mol. The highest BCUT2D eigenvalue weighted by molar-refractivity contribution is 7.99. The van der Waals surface area contributed by atoms with Gasteiger partial charge in [-0.05, 0) is 64.2 Å². The maximum absolute atomic E-state index is 12.8. The molecule has 6 aromatic rings. The molecule has 264 valence electrons. The molecule has 0 spiro atoms. The third-order valence-corrected chi connectivity index (χ3v) is 10.0. The molecule has 9 nitrogen and oxygen atoms in total. The van der Waals surface area contributed by atoms with Crippen LogP contribution in [0.3, 0.4) is 0 Å². The maximum Gasteiger partial charge on any atom is 0.319 e. The Kier molecular flexibility index (Phi) is 11.3. The van der Waals surface area contributed by atoms with Gasteiger partial charge in [0.05, 0.1) is 18.8 Å². The molecule has 1 fully saturated rings. The average Bonchev–Trinajstić information content (AvgIpc) is 3.61. The van der Waals surface area contributed by atoms with Gasteiger partial charge in [0.2, 0.25) is 0 Å². The summed E-state index contributed by atoms with van der Waals surface area (Å²) in [4.78, 5) is 17.3. The Balaban J connectivity index is 0.999. The van der Waals surface area contributed by atoms with Crippen molar-refractivity contribution < 1.29 is 24.1 Å². The second kappa shape index (κ2) is 16.8. The minimum atomic E-state index is -0.558. The molecule has 1 aliphatic heterocycles. The summed E-state index contributed by atoms with van der Waals surface area (Å²) in [5.41, 5.74) is 6.52. The number of hydrogen-bond donors (Lipinski definition) is 3. The lowest BCUT2D eigenvalue weighted by Gasteiger charge is -2.36. The molecular formula is C42H40N4O5S. The number of aryl methyl sites for hydroxylation is 1. The fourth-order valence-electron chi connectivity index (χ4n) is 6.04. The van der Waals surface area contributed by atoms with Crippen LogP contribution in [0, 0.1) is 0 Å². The Bertz CT molecular complexity index is 2050. The van der Waals surface area contributed by atoms with Crippen molar-refractivity contribution in [1.29, 1.82) is 0 Å². The number of carbonyl (C=O) groups excluding carboxylic acids is 1. The van der Waals surface area contributed by atoms with Crippen molar-refractivity contribution in [1.82, 2.24) is 14.9 Å². The van der Waals surface area contributed by atoms with E-state index in [1.54, 1.807) is 18.0 Å². The zero-order valence-electron chi connectivity index (χ0n) is 28.7. The molecule has 1 aliphatic rings. The van der Waals surface area contributed by atoms with Gasteiger partial charge in [0, 0.05) is 49.4 Å². The van der Waals surface area contributed by atoms with Crippen molar-refractivity contribution in [3.8, 4) is 22.6 Å². The maximum atomic E-state index is 12.8. The van der Waals surface area contributed by atoms with Crippen LogP contribution < -0.4 is 15.4 Å². The predicted octanol–water partition coefficient (Wildman–Crippen LogP) is 9.03. The number of carbonyl (C=O) groups is 1. The van der Waals surface area contributed by atoms with Gasteiger partial charge in [-0.1, -0.05) is 103 Å². The van der Waals surface area contributed by atoms with Crippen LogP contribution >= 0.6 is 11.8 Å². The van der Waals surface area contributed by atoms with E-state index in [0.29, 0.717) is 24.4 Å². The average molecular weight is 713 g/mol. The largest absolute Gasteiger partial charge is 0.457 e. The van der Waals surface area contributed by atoms with Crippen molar-refractivity contribution in [2.75, 3.05) is 11.1 Å². The van der Waals surface area contributed by atoms with Crippen LogP contribution in [0.25, 0.3) is 11.1 Å². The van der Waals surface area contributed by atoms with Gasteiger partial charge >= 0.3 is 6.03 Å². The van der Waals surface area contributed by atoms with Crippen molar-refractivity contribution in [2.24, 2.45) is 7.05 Å². The molecule has 3 N–H and O–H groups in total. The number of urea groups is 1. The van der Waals surface area contributed by atoms with E-state index in [-0.39, 0.29) is 24.8 Å². The van der Waals surface area contributed by atoms with Crippen LogP contribution in [0.1, 0.15) is 41.1 Å². The molecule has 2 heterocycles. The Morgan fingerprint density at radius 2 is 1.58 bits per heavy atom. The number of rotatable bonds is 12. The lowest BCUT2D eigenvalue weighted by atomic mass is 9.98. The minimum Gasteiger partial charge on any atom is -0.457 e. The molecule has 10 heteroatoms. The van der Waals surface area contributed by atoms with Gasteiger partial charge in [-0.3, -0.25) is 0 Å². The summed E-state index contributed by atoms with van der Waals surface area (Å²) >= 11 is 1.67. The van der Waals surface area contributed by atoms with Crippen LogP contribution in [0.4, 0.5) is 10.5 Å². The molecule has 3 atom stereocenters. The highest BCUT2D eigenvalue weighted by atomic mass is 32.2. The SMILES string of the molecule is Cn1ccnc1SC[C@H]1C[C@@H](c2ccc(CO)cc2)O[C@@H](c2ccc(-c3ccccc3CNC(=O)Nc3ccc(Oc4ccccc4)cc3)cc2)O1. The number of aliphatic hydroxyl groups excluding tert-OH is 1. The molecule has 1 aromatic heterocycles. The number of aliphatic hydroxyl groups is 1. The van der Waals surface area contributed by atoms with Gasteiger partial charge in [0.1, 0.15) is 11.5 Å². The summed E-state index contributed by atoms with van der Waals surface area (Å²) in [6, 6.07) is 40.7. The third kappa shape index (κ3) is 8.90. The van der Waals surface area contributed by atoms with Gasteiger partial charge in [0.25, 0.3) is 0 Å². The number of aromatic nitrogens is 2. The van der Waals surface area contributed by atoms with Gasteiger partial charge in [0.15, 0.2) is 11.4 Å². The summed E-state index contributed by atoms with van der Waals surface area (Å²) < 4.78 is 21.0. The minimum absolute atomic E-state index is 0.000308. The molecule has 0 saturated carbocycles. The van der Waals surface area contributed by atoms with E-state index in [4.69, 9.17) is 14.2 Å². The summed E-state index contributed by atoms with van der Waals surface area (Å²) in [5.74, 6) is 2.17. The molecule has 52 heavy (non-hydrogen) atoms. The van der Waals surface area contributed by atoms with Gasteiger partial charge in [-0.25, -0.2) is 9.78 Å². The van der Waals surface area contributed by atoms with E-state index in [9.17, 15) is 9.90 Å². The van der Waals surface area contributed by atoms with Gasteiger partial charge < -0.3 is 34.5 Å². The number of ether oxygens (including phenoxy) is 3. The van der Waals surface area contributed by atoms with E-state index in [0.717, 1.165) is 50.0 Å². The lowest BCUT2D eigenvalue weighted by molar-refractivity contribution is -0.245. The highest BCUT2D eigenvalue weighted by Gasteiger charge is 2.32. The van der Waals surface area contributed by atoms with Crippen LogP contribution in [0.15, 0.2) is 145 Å². The molecule has 0 radical (unpaired) electrons. The first-order valence-corrected chi connectivity index (χ1v) is 18.2. The first-order valence-electron chi connectivity index (χ1n) is 17.2.